The molecule has 76 heavy (non-hydrogen) atoms. The van der Waals surface area contributed by atoms with Crippen LogP contribution in [0.5, 0.6) is 0 Å². The molecule has 1 aromatic carbocycles. The van der Waals surface area contributed by atoms with Crippen LogP contribution in [0.15, 0.2) is 36.5 Å². The second-order valence-electron chi connectivity index (χ2n) is 23.3. The van der Waals surface area contributed by atoms with Crippen LogP contribution in [-0.2, 0) is 39.6 Å². The number of halogens is 1. The van der Waals surface area contributed by atoms with Gasteiger partial charge in [-0.2, -0.15) is 5.10 Å². The summed E-state index contributed by atoms with van der Waals surface area (Å²) in [6.07, 6.45) is -6.37. The number of aliphatic hydroxyl groups is 5. The van der Waals surface area contributed by atoms with Crippen LogP contribution < -0.4 is 5.73 Å². The Bertz CT molecular complexity index is 2320. The number of benzene rings is 1. The molecule has 3 aliphatic heterocycles. The molecule has 2 aromatic heterocycles. The summed E-state index contributed by atoms with van der Waals surface area (Å²) in [6, 6.07) is 7.30. The molecule has 3 saturated heterocycles. The zero-order valence-corrected chi connectivity index (χ0v) is 47.6. The number of likely N-dealkylation sites (N-methyl/N-ethyl adjacent to an activating group) is 2. The van der Waals surface area contributed by atoms with Gasteiger partial charge in [0.15, 0.2) is 6.29 Å². The first-order valence-corrected chi connectivity index (χ1v) is 27.2. The van der Waals surface area contributed by atoms with E-state index in [1.807, 2.05) is 75.9 Å². The van der Waals surface area contributed by atoms with Crippen molar-refractivity contribution < 1.29 is 63.1 Å². The molecule has 20 atom stereocenters. The summed E-state index contributed by atoms with van der Waals surface area (Å²) < 4.78 is 56.2. The monoisotopic (exact) mass is 1070 g/mol. The van der Waals surface area contributed by atoms with Gasteiger partial charge in [-0.15, -0.1) is 5.10 Å². The number of aliphatic hydroxyl groups excluding tert-OH is 3. The van der Waals surface area contributed by atoms with E-state index in [0.717, 1.165) is 16.9 Å². The smallest absolute Gasteiger partial charge is 0.309 e. The first-order valence-electron chi connectivity index (χ1n) is 27.2. The number of methoxy groups -OCH3 is 2. The van der Waals surface area contributed by atoms with Gasteiger partial charge >= 0.3 is 5.97 Å². The number of aromatic nitrogens is 5. The summed E-state index contributed by atoms with van der Waals surface area (Å²) in [5.74, 6) is -2.78. The number of alkyl halides is 1. The molecule has 5 heterocycles. The minimum atomic E-state index is -1.83. The van der Waals surface area contributed by atoms with Crippen molar-refractivity contribution >= 4 is 11.8 Å². The molecule has 0 saturated carbocycles. The minimum absolute atomic E-state index is 0.168. The molecule has 0 aliphatic carbocycles. The third-order valence-corrected chi connectivity index (χ3v) is 17.2. The molecule has 7 N–H and O–H groups in total. The molecule has 21 heteroatoms. The van der Waals surface area contributed by atoms with Crippen LogP contribution in [0, 0.1) is 30.6 Å². The summed E-state index contributed by atoms with van der Waals surface area (Å²) in [4.78, 5) is 18.6. The third kappa shape index (κ3) is 13.3. The predicted molar refractivity (Wildman–Crippen MR) is 283 cm³/mol. The highest BCUT2D eigenvalue weighted by Crippen LogP contribution is 2.45. The molecule has 0 spiro atoms. The van der Waals surface area contributed by atoms with Gasteiger partial charge in [0, 0.05) is 70.4 Å². The standard InChI is InChI=1S/C55H91FN8O12/c1-16-43-55(11,70)48(66)35(7)62(13)28-30(2)25-53(9,69)50(33(5)45(34(6)51(68)75-43)42-26-54(10,72-15)49(67)36(8)74-42)76-52-46(65)40(24-32(4)73-52)61(12)22-21-38-29-63(60-58-38)41(27-56)47(71-14)37-17-19-39(20-18-37)64-44(57)23-31(3)59-64/h17-20,23,29-30,32-36,40-43,45-50,52,65-67,69-70H,16,21-22,24-28,57H2,1-15H3/t30-,32-,33+,34-,35-,36+,40+,41-,42?,43-,45+,46-,47-,48-,49+,50-,52+,53-,54-,55-/m1/s1. The highest BCUT2D eigenvalue weighted by molar-refractivity contribution is 5.73. The van der Waals surface area contributed by atoms with E-state index in [1.54, 1.807) is 58.5 Å². The summed E-state index contributed by atoms with van der Waals surface area (Å²) in [7, 11) is 6.78. The molecular formula is C55H91FN8O12. The van der Waals surface area contributed by atoms with E-state index in [0.29, 0.717) is 37.4 Å². The van der Waals surface area contributed by atoms with Crippen molar-refractivity contribution in [1.29, 1.82) is 0 Å². The number of carbonyl (C=O) groups excluding carboxylic acids is 1. The number of aryl methyl sites for hydroxylation is 1. The zero-order valence-electron chi connectivity index (χ0n) is 47.6. The fraction of sp³-hybridized carbons (Fsp3) is 0.782. The van der Waals surface area contributed by atoms with Crippen molar-refractivity contribution in [1.82, 2.24) is 34.6 Å². The molecule has 3 aromatic rings. The van der Waals surface area contributed by atoms with E-state index >= 15 is 0 Å². The largest absolute Gasteiger partial charge is 0.459 e. The lowest BCUT2D eigenvalue weighted by molar-refractivity contribution is -0.302. The first-order chi connectivity index (χ1) is 35.6. The number of esters is 1. The van der Waals surface area contributed by atoms with Gasteiger partial charge in [-0.05, 0) is 111 Å². The van der Waals surface area contributed by atoms with Gasteiger partial charge in [-0.25, -0.2) is 13.8 Å². The molecule has 3 fully saturated rings. The molecule has 6 rings (SSSR count). The van der Waals surface area contributed by atoms with Gasteiger partial charge in [-0.1, -0.05) is 45.0 Å². The summed E-state index contributed by atoms with van der Waals surface area (Å²) >= 11 is 0. The lowest BCUT2D eigenvalue weighted by atomic mass is 9.68. The third-order valence-electron chi connectivity index (χ3n) is 17.2. The number of carbonyl (C=O) groups is 1. The second kappa shape index (κ2) is 25.2. The Labute approximate surface area is 449 Å². The van der Waals surface area contributed by atoms with E-state index in [2.05, 4.69) is 15.4 Å². The van der Waals surface area contributed by atoms with Gasteiger partial charge in [0.25, 0.3) is 0 Å². The van der Waals surface area contributed by atoms with Crippen molar-refractivity contribution in [2.24, 2.45) is 23.7 Å². The number of ether oxygens (including phenoxy) is 6. The molecule has 430 valence electrons. The maximum Gasteiger partial charge on any atom is 0.309 e. The number of nitrogens with two attached hydrogens (primary N) is 1. The quantitative estimate of drug-likeness (QED) is 0.116. The average molecular weight is 1080 g/mol. The summed E-state index contributed by atoms with van der Waals surface area (Å²) in [5.41, 5.74) is 4.49. The van der Waals surface area contributed by atoms with Gasteiger partial charge in [0.2, 0.25) is 0 Å². The minimum Gasteiger partial charge on any atom is -0.459 e. The van der Waals surface area contributed by atoms with Crippen LogP contribution in [-0.4, -0.2) is 198 Å². The number of nitrogens with zero attached hydrogens (tertiary/aromatic N) is 7. The van der Waals surface area contributed by atoms with E-state index in [4.69, 9.17) is 34.2 Å². The lowest BCUT2D eigenvalue weighted by Gasteiger charge is -2.51. The van der Waals surface area contributed by atoms with Gasteiger partial charge in [0.05, 0.1) is 58.6 Å². The Morgan fingerprint density at radius 3 is 2.26 bits per heavy atom. The number of cyclic esters (lactones) is 1. The molecule has 1 unspecified atom stereocenters. The average Bonchev–Trinajstić information content (AvgIpc) is 3.99. The number of nitrogen functional groups attached to an aromatic ring is 1. The SMILES string of the molecule is CC[C@H]1OC(=O)[C@H](C)[C@@H](C2C[C@@](C)(OC)[C@@H](O)[C@H](C)O2)[C@H](C)[C@@H](O[C@@H]2O[C@H](C)C[C@H](N(C)CCc3cn([C@H](CF)[C@H](OC)c4ccc(-n5nc(C)cc5N)cc4)nn3)[C@H]2O)[C@](C)(O)C[C@@H](C)CN(C)[C@H](C)[C@@H](O)[C@]1(C)O. The van der Waals surface area contributed by atoms with Crippen molar-refractivity contribution in [2.75, 3.05) is 53.8 Å². The van der Waals surface area contributed by atoms with Crippen molar-refractivity contribution in [3.63, 3.8) is 0 Å². The van der Waals surface area contributed by atoms with E-state index in [-0.39, 0.29) is 25.2 Å². The fourth-order valence-electron chi connectivity index (χ4n) is 12.6. The Morgan fingerprint density at radius 1 is 1.00 bits per heavy atom. The molecule has 20 nitrogen and oxygen atoms in total. The normalized spacial score (nSPS) is 38.6. The van der Waals surface area contributed by atoms with Crippen LogP contribution in [0.4, 0.5) is 10.2 Å². The molecular weight excluding hydrogens is 984 g/mol. The van der Waals surface area contributed by atoms with Gasteiger partial charge in [0.1, 0.15) is 54.7 Å². The van der Waals surface area contributed by atoms with Crippen LogP contribution >= 0.6 is 0 Å². The maximum atomic E-state index is 15.0. The summed E-state index contributed by atoms with van der Waals surface area (Å²) in [5, 5.41) is 73.5. The predicted octanol–water partition coefficient (Wildman–Crippen LogP) is 4.35. The number of rotatable bonds is 15. The Kier molecular flexibility index (Phi) is 20.4. The first kappa shape index (κ1) is 61.5. The maximum absolute atomic E-state index is 15.0. The van der Waals surface area contributed by atoms with E-state index in [9.17, 15) is 34.7 Å². The topological polar surface area (TPSA) is 255 Å². The van der Waals surface area contributed by atoms with Crippen molar-refractivity contribution in [2.45, 2.75) is 204 Å². The lowest BCUT2D eigenvalue weighted by Crippen LogP contribution is -2.62. The number of hydrogen-bond acceptors (Lipinski definition) is 18. The second-order valence-corrected chi connectivity index (χ2v) is 23.3. The fourth-order valence-corrected chi connectivity index (χ4v) is 12.6. The van der Waals surface area contributed by atoms with E-state index in [1.165, 1.54) is 25.8 Å². The Balaban J connectivity index is 1.26. The van der Waals surface area contributed by atoms with Crippen molar-refractivity contribution in [3.05, 3.63) is 53.5 Å². The van der Waals surface area contributed by atoms with Gasteiger partial charge < -0.3 is 69.5 Å². The van der Waals surface area contributed by atoms with Crippen LogP contribution in [0.3, 0.4) is 0 Å². The van der Waals surface area contributed by atoms with Gasteiger partial charge in [-0.3, -0.25) is 4.79 Å². The Morgan fingerprint density at radius 2 is 1.67 bits per heavy atom. The van der Waals surface area contributed by atoms with E-state index < -0.39 is 127 Å². The molecule has 0 bridgehead atoms. The highest BCUT2D eigenvalue weighted by Gasteiger charge is 2.55. The zero-order chi connectivity index (χ0) is 56.4. The van der Waals surface area contributed by atoms with Crippen LogP contribution in [0.2, 0.25) is 0 Å². The summed E-state index contributed by atoms with van der Waals surface area (Å²) in [6.45, 7) is 19.7. The molecule has 0 radical (unpaired) electrons. The molecule has 0 amide bonds. The van der Waals surface area contributed by atoms with Crippen LogP contribution in [0.1, 0.15) is 124 Å². The van der Waals surface area contributed by atoms with Crippen molar-refractivity contribution in [3.8, 4) is 5.69 Å². The Hall–Kier alpha value is -3.71. The number of anilines is 1. The van der Waals surface area contributed by atoms with Crippen LogP contribution in [0.25, 0.3) is 5.69 Å². The number of hydrogen-bond donors (Lipinski definition) is 6. The molecule has 3 aliphatic rings. The highest BCUT2D eigenvalue weighted by atomic mass is 19.1.